The summed E-state index contributed by atoms with van der Waals surface area (Å²) in [5.41, 5.74) is 5.10. The summed E-state index contributed by atoms with van der Waals surface area (Å²) >= 11 is 0. The number of hydrogen-bond donors (Lipinski definition) is 0. The smallest absolute Gasteiger partial charge is 0 e. The van der Waals surface area contributed by atoms with Crippen LogP contribution in [0.3, 0.4) is 0 Å². The van der Waals surface area contributed by atoms with E-state index in [1.54, 1.807) is 0 Å². The van der Waals surface area contributed by atoms with Gasteiger partial charge in [0.15, 0.2) is 0 Å². The zero-order valence-electron chi connectivity index (χ0n) is 14.3. The maximum absolute atomic E-state index is 2.12. The van der Waals surface area contributed by atoms with Crippen molar-refractivity contribution < 1.29 is 27.7 Å². The van der Waals surface area contributed by atoms with Crippen molar-refractivity contribution in [2.45, 2.75) is 0 Å². The summed E-state index contributed by atoms with van der Waals surface area (Å²) in [6.45, 7) is 0. The molecule has 25 heavy (non-hydrogen) atoms. The zero-order chi connectivity index (χ0) is 16.5. The molecule has 0 saturated carbocycles. The molecule has 4 rings (SSSR count). The molecule has 0 nitrogen and oxygen atoms in total. The molecule has 0 N–H and O–H groups in total. The fourth-order valence-electron chi connectivity index (χ4n) is 2.52. The van der Waals surface area contributed by atoms with E-state index in [2.05, 4.69) is 97.1 Å². The van der Waals surface area contributed by atoms with Gasteiger partial charge in [-0.1, -0.05) is 121 Å². The monoisotopic (exact) mass is 510 g/mol. The molecule has 0 aromatic heterocycles. The Morgan fingerprint density at radius 1 is 0.240 bits per heavy atom. The molecule has 0 fully saturated rings. The van der Waals surface area contributed by atoms with E-state index >= 15 is 0 Å². The molecular weight excluding hydrogens is 489 g/mol. The van der Waals surface area contributed by atoms with E-state index in [1.807, 2.05) is 24.3 Å². The summed E-state index contributed by atoms with van der Waals surface area (Å²) in [5.74, 6) is 0. The van der Waals surface area contributed by atoms with E-state index < -0.39 is 0 Å². The van der Waals surface area contributed by atoms with Crippen LogP contribution >= 0.6 is 0 Å². The molecule has 0 spiro atoms. The van der Waals surface area contributed by atoms with Crippen molar-refractivity contribution >= 4 is 0 Å². The topological polar surface area (TPSA) is 0 Å². The van der Waals surface area contributed by atoms with Gasteiger partial charge in [0, 0.05) is 27.7 Å². The normalized spacial score (nSPS) is 9.28. The average molecular weight is 509 g/mol. The summed E-state index contributed by atoms with van der Waals surface area (Å²) < 4.78 is 0. The van der Waals surface area contributed by atoms with Crippen LogP contribution in [0, 0.1) is 0 Å². The molecule has 0 saturated heterocycles. The van der Waals surface area contributed by atoms with Gasteiger partial charge in [-0.05, 0) is 22.3 Å². The van der Waals surface area contributed by atoms with Crippen molar-refractivity contribution in [3.63, 3.8) is 0 Å². The van der Waals surface area contributed by atoms with E-state index in [0.29, 0.717) is 0 Å². The maximum Gasteiger partial charge on any atom is 0 e. The van der Waals surface area contributed by atoms with Gasteiger partial charge in [0.2, 0.25) is 0 Å². The summed E-state index contributed by atoms with van der Waals surface area (Å²) in [6.07, 6.45) is 0. The van der Waals surface area contributed by atoms with Gasteiger partial charge >= 0.3 is 0 Å². The SMILES string of the molecule is [Hg].c1ccc(-c2ccccc2)cc1.c1ccc(-c2ccccc2)cc1. The second kappa shape index (κ2) is 10.6. The summed E-state index contributed by atoms with van der Waals surface area (Å²) in [7, 11) is 0. The Balaban J connectivity index is 0.000000173. The number of benzene rings is 4. The van der Waals surface area contributed by atoms with E-state index in [4.69, 9.17) is 0 Å². The fourth-order valence-corrected chi connectivity index (χ4v) is 2.52. The first-order chi connectivity index (χ1) is 11.9. The molecule has 118 valence electrons. The molecule has 0 radical (unpaired) electrons. The van der Waals surface area contributed by atoms with Gasteiger partial charge in [-0.15, -0.1) is 0 Å². The van der Waals surface area contributed by atoms with Gasteiger partial charge in [-0.3, -0.25) is 0 Å². The molecule has 0 bridgehead atoms. The molecule has 4 aromatic rings. The summed E-state index contributed by atoms with van der Waals surface area (Å²) in [4.78, 5) is 0. The van der Waals surface area contributed by atoms with Crippen LogP contribution in [0.25, 0.3) is 22.3 Å². The number of rotatable bonds is 2. The van der Waals surface area contributed by atoms with Gasteiger partial charge in [-0.2, -0.15) is 0 Å². The second-order valence-electron chi connectivity index (χ2n) is 5.46. The standard InChI is InChI=1S/2C12H10.Hg/c2*1-3-7-11(8-4-1)12-9-5-2-6-10-12;/h2*1-10H;. The van der Waals surface area contributed by atoms with E-state index in [9.17, 15) is 0 Å². The third kappa shape index (κ3) is 5.99. The molecule has 4 aromatic carbocycles. The second-order valence-corrected chi connectivity index (χ2v) is 5.46. The number of hydrogen-bond acceptors (Lipinski definition) is 0. The van der Waals surface area contributed by atoms with Crippen LogP contribution < -0.4 is 0 Å². The van der Waals surface area contributed by atoms with Crippen molar-refractivity contribution in [2.24, 2.45) is 0 Å². The van der Waals surface area contributed by atoms with Crippen LogP contribution in [-0.4, -0.2) is 0 Å². The quantitative estimate of drug-likeness (QED) is 0.264. The molecular formula is C24H20Hg. The Kier molecular flexibility index (Phi) is 8.14. The van der Waals surface area contributed by atoms with Gasteiger partial charge in [0.05, 0.1) is 0 Å². The van der Waals surface area contributed by atoms with Gasteiger partial charge in [0.1, 0.15) is 0 Å². The van der Waals surface area contributed by atoms with Crippen LogP contribution in [0.4, 0.5) is 0 Å². The third-order valence-electron chi connectivity index (χ3n) is 3.76. The Hall–Kier alpha value is -2.18. The van der Waals surface area contributed by atoms with Crippen LogP contribution in [-0.2, 0) is 27.7 Å². The Labute approximate surface area is 170 Å². The van der Waals surface area contributed by atoms with Crippen molar-refractivity contribution in [2.75, 3.05) is 0 Å². The molecule has 1 heteroatoms. The third-order valence-corrected chi connectivity index (χ3v) is 3.76. The predicted octanol–water partition coefficient (Wildman–Crippen LogP) is 6.70. The van der Waals surface area contributed by atoms with Crippen molar-refractivity contribution in [1.29, 1.82) is 0 Å². The van der Waals surface area contributed by atoms with E-state index in [1.165, 1.54) is 22.3 Å². The minimum absolute atomic E-state index is 0. The molecule has 0 amide bonds. The van der Waals surface area contributed by atoms with Crippen LogP contribution in [0.1, 0.15) is 0 Å². The molecule has 0 unspecified atom stereocenters. The van der Waals surface area contributed by atoms with Crippen LogP contribution in [0.2, 0.25) is 0 Å². The first-order valence-corrected chi connectivity index (χ1v) is 8.14. The Morgan fingerprint density at radius 2 is 0.400 bits per heavy atom. The maximum atomic E-state index is 2.12. The molecule has 0 heterocycles. The van der Waals surface area contributed by atoms with Gasteiger partial charge in [0.25, 0.3) is 0 Å². The fraction of sp³-hybridized carbons (Fsp3) is 0. The van der Waals surface area contributed by atoms with Crippen molar-refractivity contribution in [1.82, 2.24) is 0 Å². The average Bonchev–Trinajstić information content (AvgIpc) is 2.71. The van der Waals surface area contributed by atoms with Crippen LogP contribution in [0.15, 0.2) is 121 Å². The van der Waals surface area contributed by atoms with Gasteiger partial charge < -0.3 is 0 Å². The summed E-state index contributed by atoms with van der Waals surface area (Å²) in [5, 5.41) is 0. The minimum atomic E-state index is 0. The first kappa shape index (κ1) is 19.1. The largest absolute Gasteiger partial charge is 0.0622 e. The minimum Gasteiger partial charge on any atom is -0.0622 e. The van der Waals surface area contributed by atoms with Gasteiger partial charge in [-0.25, -0.2) is 0 Å². The van der Waals surface area contributed by atoms with Crippen molar-refractivity contribution in [3.8, 4) is 22.3 Å². The Morgan fingerprint density at radius 3 is 0.560 bits per heavy atom. The van der Waals surface area contributed by atoms with Crippen LogP contribution in [0.5, 0.6) is 0 Å². The molecule has 0 aliphatic heterocycles. The summed E-state index contributed by atoms with van der Waals surface area (Å²) in [6, 6.07) is 41.6. The molecule has 0 aliphatic carbocycles. The molecule has 0 atom stereocenters. The predicted molar refractivity (Wildman–Crippen MR) is 104 cm³/mol. The molecule has 0 aliphatic rings. The van der Waals surface area contributed by atoms with Crippen molar-refractivity contribution in [3.05, 3.63) is 121 Å². The Bertz CT molecular complexity index is 676. The van der Waals surface area contributed by atoms with E-state index in [-0.39, 0.29) is 27.7 Å². The zero-order valence-corrected chi connectivity index (χ0v) is 19.8. The van der Waals surface area contributed by atoms with E-state index in [0.717, 1.165) is 0 Å². The first-order valence-electron chi connectivity index (χ1n) is 8.14.